The first-order valence-corrected chi connectivity index (χ1v) is 4.85. The molecule has 15 heavy (non-hydrogen) atoms. The first-order chi connectivity index (χ1) is 6.90. The average molecular weight is 239 g/mol. The highest BCUT2D eigenvalue weighted by Gasteiger charge is 2.27. The van der Waals surface area contributed by atoms with Crippen LogP contribution in [0.3, 0.4) is 0 Å². The van der Waals surface area contributed by atoms with Gasteiger partial charge in [0.05, 0.1) is 12.1 Å². The van der Waals surface area contributed by atoms with Crippen LogP contribution in [0.25, 0.3) is 0 Å². The summed E-state index contributed by atoms with van der Waals surface area (Å²) in [6.45, 7) is -0.681. The van der Waals surface area contributed by atoms with Crippen molar-refractivity contribution in [3.05, 3.63) is 16.3 Å². The Hall–Kier alpha value is -1.24. The predicted molar refractivity (Wildman–Crippen MR) is 49.7 cm³/mol. The van der Waals surface area contributed by atoms with Gasteiger partial charge in [-0.15, -0.1) is 11.3 Å². The largest absolute Gasteiger partial charge is 0.461 e. The van der Waals surface area contributed by atoms with Crippen LogP contribution in [0, 0.1) is 0 Å². The molecule has 0 aliphatic heterocycles. The van der Waals surface area contributed by atoms with Gasteiger partial charge in [-0.2, -0.15) is 13.2 Å². The monoisotopic (exact) mass is 239 g/mol. The van der Waals surface area contributed by atoms with Crippen molar-refractivity contribution in [1.29, 1.82) is 0 Å². The standard InChI is InChI=1S/C8H8F3NO2S/c9-8(10,11)2-3-14-7(13)6-5(12)1-4-15-6/h1,4H,2-3,12H2. The predicted octanol–water partition coefficient (Wildman–Crippen LogP) is 2.44. The number of nitrogen functional groups attached to an aromatic ring is 1. The van der Waals surface area contributed by atoms with Gasteiger partial charge in [0, 0.05) is 0 Å². The van der Waals surface area contributed by atoms with Gasteiger partial charge in [-0.3, -0.25) is 0 Å². The van der Waals surface area contributed by atoms with E-state index in [1.54, 1.807) is 5.38 Å². The number of thiophene rings is 1. The maximum absolute atomic E-state index is 11.7. The van der Waals surface area contributed by atoms with Crippen molar-refractivity contribution in [3.63, 3.8) is 0 Å². The van der Waals surface area contributed by atoms with Crippen LogP contribution < -0.4 is 5.73 Å². The third-order valence-corrected chi connectivity index (χ3v) is 2.41. The second-order valence-electron chi connectivity index (χ2n) is 2.71. The third kappa shape index (κ3) is 3.78. The van der Waals surface area contributed by atoms with E-state index in [2.05, 4.69) is 4.74 Å². The molecule has 0 fully saturated rings. The van der Waals surface area contributed by atoms with Crippen molar-refractivity contribution >= 4 is 23.0 Å². The van der Waals surface area contributed by atoms with Gasteiger partial charge < -0.3 is 10.5 Å². The number of esters is 1. The molecule has 0 saturated carbocycles. The minimum Gasteiger partial charge on any atom is -0.461 e. The highest BCUT2D eigenvalue weighted by molar-refractivity contribution is 7.12. The molecule has 0 bridgehead atoms. The van der Waals surface area contributed by atoms with Gasteiger partial charge in [0.1, 0.15) is 11.5 Å². The maximum atomic E-state index is 11.7. The molecule has 0 spiro atoms. The minimum absolute atomic E-state index is 0.136. The third-order valence-electron chi connectivity index (χ3n) is 1.50. The first-order valence-electron chi connectivity index (χ1n) is 3.97. The van der Waals surface area contributed by atoms with Crippen molar-refractivity contribution in [2.24, 2.45) is 0 Å². The summed E-state index contributed by atoms with van der Waals surface area (Å²) < 4.78 is 39.6. The van der Waals surface area contributed by atoms with E-state index < -0.39 is 25.2 Å². The van der Waals surface area contributed by atoms with E-state index in [1.165, 1.54) is 6.07 Å². The molecular weight excluding hydrogens is 231 g/mol. The summed E-state index contributed by atoms with van der Waals surface area (Å²) in [6, 6.07) is 1.49. The summed E-state index contributed by atoms with van der Waals surface area (Å²) in [7, 11) is 0. The summed E-state index contributed by atoms with van der Waals surface area (Å²) >= 11 is 1.03. The number of anilines is 1. The molecule has 0 atom stereocenters. The van der Waals surface area contributed by atoms with E-state index in [0.717, 1.165) is 11.3 Å². The average Bonchev–Trinajstić information content (AvgIpc) is 2.48. The molecule has 0 radical (unpaired) electrons. The first kappa shape index (κ1) is 11.8. The quantitative estimate of drug-likeness (QED) is 0.824. The van der Waals surface area contributed by atoms with Gasteiger partial charge in [-0.25, -0.2) is 4.79 Å². The molecule has 1 aromatic heterocycles. The molecule has 0 saturated heterocycles. The van der Waals surface area contributed by atoms with Crippen LogP contribution in [-0.2, 0) is 4.74 Å². The summed E-state index contributed by atoms with van der Waals surface area (Å²) in [5.74, 6) is -0.813. The molecule has 1 heterocycles. The number of carbonyl (C=O) groups excluding carboxylic acids is 1. The number of hydrogen-bond acceptors (Lipinski definition) is 4. The number of rotatable bonds is 3. The molecule has 0 aliphatic carbocycles. The van der Waals surface area contributed by atoms with Crippen LogP contribution >= 0.6 is 11.3 Å². The van der Waals surface area contributed by atoms with Crippen LogP contribution in [0.5, 0.6) is 0 Å². The molecular formula is C8H8F3NO2S. The molecule has 1 rings (SSSR count). The zero-order valence-electron chi connectivity index (χ0n) is 7.50. The highest BCUT2D eigenvalue weighted by Crippen LogP contribution is 2.22. The lowest BCUT2D eigenvalue weighted by molar-refractivity contribution is -0.141. The van der Waals surface area contributed by atoms with Crippen molar-refractivity contribution in [2.45, 2.75) is 12.6 Å². The fourth-order valence-corrected chi connectivity index (χ4v) is 1.52. The summed E-state index contributed by atoms with van der Waals surface area (Å²) in [5, 5.41) is 1.57. The molecule has 0 aliphatic rings. The van der Waals surface area contributed by atoms with E-state index in [4.69, 9.17) is 5.73 Å². The van der Waals surface area contributed by atoms with Crippen LogP contribution in [0.15, 0.2) is 11.4 Å². The van der Waals surface area contributed by atoms with E-state index in [0.29, 0.717) is 0 Å². The SMILES string of the molecule is Nc1ccsc1C(=O)OCCC(F)(F)F. The van der Waals surface area contributed by atoms with Gasteiger partial charge >= 0.3 is 12.1 Å². The molecule has 1 aromatic rings. The van der Waals surface area contributed by atoms with Crippen LogP contribution in [0.4, 0.5) is 18.9 Å². The number of alkyl halides is 3. The zero-order valence-corrected chi connectivity index (χ0v) is 8.32. The summed E-state index contributed by atoms with van der Waals surface area (Å²) in [4.78, 5) is 11.3. The van der Waals surface area contributed by atoms with Gasteiger partial charge in [0.2, 0.25) is 0 Å². The number of halogens is 3. The normalized spacial score (nSPS) is 11.4. The Morgan fingerprint density at radius 1 is 1.53 bits per heavy atom. The number of hydrogen-bond donors (Lipinski definition) is 1. The Balaban J connectivity index is 2.41. The molecule has 0 aromatic carbocycles. The van der Waals surface area contributed by atoms with Crippen molar-refractivity contribution < 1.29 is 22.7 Å². The number of ether oxygens (including phenoxy) is 1. The topological polar surface area (TPSA) is 52.3 Å². The van der Waals surface area contributed by atoms with Crippen LogP contribution in [0.2, 0.25) is 0 Å². The highest BCUT2D eigenvalue weighted by atomic mass is 32.1. The summed E-state index contributed by atoms with van der Waals surface area (Å²) in [5.41, 5.74) is 5.61. The van der Waals surface area contributed by atoms with Gasteiger partial charge in [0.15, 0.2) is 0 Å². The second kappa shape index (κ2) is 4.52. The second-order valence-corrected chi connectivity index (χ2v) is 3.62. The Morgan fingerprint density at radius 2 is 2.20 bits per heavy atom. The lowest BCUT2D eigenvalue weighted by atomic mass is 10.4. The van der Waals surface area contributed by atoms with Gasteiger partial charge in [-0.1, -0.05) is 0 Å². The number of carbonyl (C=O) groups is 1. The van der Waals surface area contributed by atoms with Gasteiger partial charge in [0.25, 0.3) is 0 Å². The Labute approximate surface area is 87.6 Å². The fraction of sp³-hybridized carbons (Fsp3) is 0.375. The van der Waals surface area contributed by atoms with Gasteiger partial charge in [-0.05, 0) is 11.4 Å². The molecule has 84 valence electrons. The number of nitrogens with two attached hydrogens (primary N) is 1. The zero-order chi connectivity index (χ0) is 11.5. The van der Waals surface area contributed by atoms with E-state index in [1.807, 2.05) is 0 Å². The van der Waals surface area contributed by atoms with E-state index >= 15 is 0 Å². The maximum Gasteiger partial charge on any atom is 0.392 e. The molecule has 0 unspecified atom stereocenters. The fourth-order valence-electron chi connectivity index (χ4n) is 0.810. The van der Waals surface area contributed by atoms with Crippen molar-refractivity contribution in [2.75, 3.05) is 12.3 Å². The van der Waals surface area contributed by atoms with Crippen molar-refractivity contribution in [1.82, 2.24) is 0 Å². The lowest BCUT2D eigenvalue weighted by Crippen LogP contribution is -2.14. The molecule has 7 heteroatoms. The summed E-state index contributed by atoms with van der Waals surface area (Å²) in [6.07, 6.45) is -5.47. The van der Waals surface area contributed by atoms with E-state index in [-0.39, 0.29) is 10.6 Å². The minimum atomic E-state index is -4.32. The molecule has 0 amide bonds. The lowest BCUT2D eigenvalue weighted by Gasteiger charge is -2.06. The Kier molecular flexibility index (Phi) is 3.57. The van der Waals surface area contributed by atoms with E-state index in [9.17, 15) is 18.0 Å². The Morgan fingerprint density at radius 3 is 2.67 bits per heavy atom. The smallest absolute Gasteiger partial charge is 0.392 e. The van der Waals surface area contributed by atoms with Crippen LogP contribution in [-0.4, -0.2) is 18.8 Å². The molecule has 3 nitrogen and oxygen atoms in total. The molecule has 2 N–H and O–H groups in total. The van der Waals surface area contributed by atoms with Crippen LogP contribution in [0.1, 0.15) is 16.1 Å². The van der Waals surface area contributed by atoms with Crippen molar-refractivity contribution in [3.8, 4) is 0 Å². The Bertz CT molecular complexity index is 348.